The summed E-state index contributed by atoms with van der Waals surface area (Å²) in [6, 6.07) is 6.54. The predicted octanol–water partition coefficient (Wildman–Crippen LogP) is 2.51. The lowest BCUT2D eigenvalue weighted by atomic mass is 9.97. The third-order valence-electron chi connectivity index (χ3n) is 3.70. The van der Waals surface area contributed by atoms with E-state index in [0.717, 1.165) is 17.5 Å². The first-order valence-corrected chi connectivity index (χ1v) is 7.12. The lowest BCUT2D eigenvalue weighted by molar-refractivity contribution is 0.0535. The predicted molar refractivity (Wildman–Crippen MR) is 80.2 cm³/mol. The van der Waals surface area contributed by atoms with Gasteiger partial charge in [-0.1, -0.05) is 19.1 Å². The molecule has 0 bridgehead atoms. The molecule has 1 heterocycles. The maximum Gasteiger partial charge on any atom is 0.123 e. The number of rotatable bonds is 6. The zero-order chi connectivity index (χ0) is 15.5. The Bertz CT molecular complexity index is 577. The molecule has 0 aliphatic rings. The summed E-state index contributed by atoms with van der Waals surface area (Å²) in [7, 11) is 1.82. The van der Waals surface area contributed by atoms with Crippen LogP contribution >= 0.6 is 0 Å². The van der Waals surface area contributed by atoms with Gasteiger partial charge in [0.05, 0.1) is 6.20 Å². The van der Waals surface area contributed by atoms with Crippen LogP contribution in [-0.4, -0.2) is 21.4 Å². The van der Waals surface area contributed by atoms with Crippen LogP contribution in [0.3, 0.4) is 0 Å². The van der Waals surface area contributed by atoms with Gasteiger partial charge in [0, 0.05) is 31.4 Å². The number of aliphatic hydroxyl groups is 1. The number of aryl methyl sites for hydroxylation is 1. The van der Waals surface area contributed by atoms with Gasteiger partial charge in [-0.25, -0.2) is 4.39 Å². The Kier molecular flexibility index (Phi) is 4.75. The Labute approximate surface area is 124 Å². The van der Waals surface area contributed by atoms with Crippen molar-refractivity contribution in [3.8, 4) is 0 Å². The minimum atomic E-state index is -0.998. The number of benzene rings is 1. The molecule has 114 valence electrons. The first-order chi connectivity index (χ1) is 9.92. The summed E-state index contributed by atoms with van der Waals surface area (Å²) in [5.41, 5.74) is 0.786. The van der Waals surface area contributed by atoms with E-state index in [0.29, 0.717) is 6.54 Å². The molecule has 5 heteroatoms. The normalized spacial score (nSPS) is 15.7. The fourth-order valence-electron chi connectivity index (χ4n) is 2.32. The molecule has 1 aromatic carbocycles. The van der Waals surface area contributed by atoms with Gasteiger partial charge in [0.2, 0.25) is 0 Å². The summed E-state index contributed by atoms with van der Waals surface area (Å²) < 4.78 is 14.7. The summed E-state index contributed by atoms with van der Waals surface area (Å²) in [6.07, 6.45) is 4.33. The van der Waals surface area contributed by atoms with Crippen molar-refractivity contribution in [3.05, 3.63) is 53.6 Å². The van der Waals surface area contributed by atoms with Crippen molar-refractivity contribution in [3.63, 3.8) is 0 Å². The minimum Gasteiger partial charge on any atom is -0.384 e. The molecule has 2 atom stereocenters. The summed E-state index contributed by atoms with van der Waals surface area (Å²) in [6.45, 7) is 4.21. The molecule has 0 saturated carbocycles. The van der Waals surface area contributed by atoms with Gasteiger partial charge in [0.25, 0.3) is 0 Å². The van der Waals surface area contributed by atoms with Crippen molar-refractivity contribution in [2.24, 2.45) is 7.05 Å². The van der Waals surface area contributed by atoms with Crippen LogP contribution in [0.2, 0.25) is 0 Å². The fraction of sp³-hybridized carbons (Fsp3) is 0.438. The third kappa shape index (κ3) is 3.89. The second-order valence-corrected chi connectivity index (χ2v) is 5.57. The van der Waals surface area contributed by atoms with E-state index < -0.39 is 5.60 Å². The first kappa shape index (κ1) is 15.7. The highest BCUT2D eigenvalue weighted by atomic mass is 19.1. The molecule has 2 aromatic rings. The van der Waals surface area contributed by atoms with Crippen LogP contribution in [0.25, 0.3) is 0 Å². The van der Waals surface area contributed by atoms with Gasteiger partial charge in [-0.3, -0.25) is 4.68 Å². The average Bonchev–Trinajstić information content (AvgIpc) is 2.89. The second-order valence-electron chi connectivity index (χ2n) is 5.57. The fourth-order valence-corrected chi connectivity index (χ4v) is 2.32. The van der Waals surface area contributed by atoms with E-state index in [1.54, 1.807) is 36.1 Å². The molecule has 0 saturated heterocycles. The summed E-state index contributed by atoms with van der Waals surface area (Å²) in [5.74, 6) is -0.240. The van der Waals surface area contributed by atoms with Crippen molar-refractivity contribution in [2.75, 3.05) is 6.54 Å². The monoisotopic (exact) mass is 291 g/mol. The summed E-state index contributed by atoms with van der Waals surface area (Å²) in [4.78, 5) is 0. The van der Waals surface area contributed by atoms with Gasteiger partial charge in [0.15, 0.2) is 0 Å². The van der Waals surface area contributed by atoms with Crippen molar-refractivity contribution < 1.29 is 9.50 Å². The zero-order valence-electron chi connectivity index (χ0n) is 12.7. The van der Waals surface area contributed by atoms with E-state index >= 15 is 0 Å². The van der Waals surface area contributed by atoms with Crippen LogP contribution < -0.4 is 5.32 Å². The Balaban J connectivity index is 2.04. The Morgan fingerprint density at radius 1 is 1.38 bits per heavy atom. The van der Waals surface area contributed by atoms with E-state index in [9.17, 15) is 9.50 Å². The van der Waals surface area contributed by atoms with E-state index in [1.807, 2.05) is 7.05 Å². The largest absolute Gasteiger partial charge is 0.384 e. The van der Waals surface area contributed by atoms with E-state index in [1.165, 1.54) is 12.1 Å². The van der Waals surface area contributed by atoms with Crippen molar-refractivity contribution >= 4 is 0 Å². The Morgan fingerprint density at radius 3 is 2.57 bits per heavy atom. The molecular weight excluding hydrogens is 269 g/mol. The molecule has 21 heavy (non-hydrogen) atoms. The van der Waals surface area contributed by atoms with Crippen molar-refractivity contribution in [2.45, 2.75) is 31.9 Å². The first-order valence-electron chi connectivity index (χ1n) is 7.12. The maximum atomic E-state index is 13.0. The number of hydrogen-bond acceptors (Lipinski definition) is 3. The molecule has 0 aliphatic heterocycles. The smallest absolute Gasteiger partial charge is 0.123 e. The number of hydrogen-bond donors (Lipinski definition) is 2. The van der Waals surface area contributed by atoms with Crippen molar-refractivity contribution in [1.29, 1.82) is 0 Å². The maximum absolute atomic E-state index is 13.0. The van der Waals surface area contributed by atoms with Crippen LogP contribution in [0.4, 0.5) is 4.39 Å². The highest BCUT2D eigenvalue weighted by molar-refractivity contribution is 5.20. The number of nitrogens with one attached hydrogen (secondary N) is 1. The van der Waals surface area contributed by atoms with E-state index in [-0.39, 0.29) is 11.9 Å². The SMILES string of the molecule is CC[C@@H](NC[C@@](C)(O)c1cnn(C)c1)c1ccc(F)cc1. The summed E-state index contributed by atoms with van der Waals surface area (Å²) >= 11 is 0. The Morgan fingerprint density at radius 2 is 2.05 bits per heavy atom. The second kappa shape index (κ2) is 6.37. The molecule has 0 spiro atoms. The number of nitrogens with zero attached hydrogens (tertiary/aromatic N) is 2. The molecular formula is C16H22FN3O. The molecule has 0 aliphatic carbocycles. The summed E-state index contributed by atoms with van der Waals surface area (Å²) in [5, 5.41) is 18.0. The minimum absolute atomic E-state index is 0.0775. The molecule has 0 radical (unpaired) electrons. The molecule has 2 N–H and O–H groups in total. The van der Waals surface area contributed by atoms with Gasteiger partial charge in [-0.05, 0) is 31.0 Å². The van der Waals surface area contributed by atoms with Crippen LogP contribution in [0, 0.1) is 5.82 Å². The van der Waals surface area contributed by atoms with Gasteiger partial charge in [0.1, 0.15) is 11.4 Å². The molecule has 0 unspecified atom stereocenters. The van der Waals surface area contributed by atoms with Crippen LogP contribution in [0.15, 0.2) is 36.7 Å². The number of aromatic nitrogens is 2. The third-order valence-corrected chi connectivity index (χ3v) is 3.70. The van der Waals surface area contributed by atoms with Crippen molar-refractivity contribution in [1.82, 2.24) is 15.1 Å². The molecule has 0 fully saturated rings. The highest BCUT2D eigenvalue weighted by Gasteiger charge is 2.25. The number of halogens is 1. The lowest BCUT2D eigenvalue weighted by Gasteiger charge is -2.26. The lowest BCUT2D eigenvalue weighted by Crippen LogP contribution is -2.37. The molecule has 0 amide bonds. The topological polar surface area (TPSA) is 50.1 Å². The standard InChI is InChI=1S/C16H22FN3O/c1-4-15(12-5-7-14(17)8-6-12)18-11-16(2,21)13-9-19-20(3)10-13/h5-10,15,18,21H,4,11H2,1-3H3/t15-,16-/m1/s1. The van der Waals surface area contributed by atoms with Crippen LogP contribution in [0.5, 0.6) is 0 Å². The molecule has 4 nitrogen and oxygen atoms in total. The molecule has 2 rings (SSSR count). The average molecular weight is 291 g/mol. The van der Waals surface area contributed by atoms with Gasteiger partial charge in [-0.15, -0.1) is 0 Å². The Hall–Kier alpha value is -1.72. The zero-order valence-corrected chi connectivity index (χ0v) is 12.7. The highest BCUT2D eigenvalue weighted by Crippen LogP contribution is 2.22. The van der Waals surface area contributed by atoms with Crippen LogP contribution in [-0.2, 0) is 12.6 Å². The van der Waals surface area contributed by atoms with E-state index in [4.69, 9.17) is 0 Å². The molecule has 1 aromatic heterocycles. The van der Waals surface area contributed by atoms with Gasteiger partial charge >= 0.3 is 0 Å². The quantitative estimate of drug-likeness (QED) is 0.860. The van der Waals surface area contributed by atoms with Crippen LogP contribution in [0.1, 0.15) is 37.4 Å². The van der Waals surface area contributed by atoms with E-state index in [2.05, 4.69) is 17.3 Å². The van der Waals surface area contributed by atoms with Gasteiger partial charge in [-0.2, -0.15) is 5.10 Å². The van der Waals surface area contributed by atoms with Gasteiger partial charge < -0.3 is 10.4 Å².